The van der Waals surface area contributed by atoms with Crippen LogP contribution in [0.15, 0.2) is 86.7 Å². The standard InChI is InChI=1S/C22H16N2O5S/c1-28-15-7-10-17(11-8-15)30-19-12-9-16(29-19)13-18-20(25)23-22(27)24(21(18)26)14-5-3-2-4-6-14/h2-13H,1H3,(H,23,25,27)/b18-13-. The normalized spacial score (nSPS) is 15.4. The molecular weight excluding hydrogens is 404 g/mol. The summed E-state index contributed by atoms with van der Waals surface area (Å²) in [5, 5.41) is 2.78. The maximum Gasteiger partial charge on any atom is 0.335 e. The van der Waals surface area contributed by atoms with Gasteiger partial charge in [0, 0.05) is 4.90 Å². The number of nitrogens with one attached hydrogen (secondary N) is 1. The molecule has 0 unspecified atom stereocenters. The van der Waals surface area contributed by atoms with E-state index in [9.17, 15) is 14.4 Å². The summed E-state index contributed by atoms with van der Waals surface area (Å²) in [6.07, 6.45) is 1.33. The van der Waals surface area contributed by atoms with Crippen molar-refractivity contribution < 1.29 is 23.5 Å². The third-order valence-corrected chi connectivity index (χ3v) is 5.21. The van der Waals surface area contributed by atoms with Crippen LogP contribution in [0.2, 0.25) is 0 Å². The Kier molecular flexibility index (Phi) is 5.40. The van der Waals surface area contributed by atoms with Gasteiger partial charge in [0.05, 0.1) is 12.8 Å². The lowest BCUT2D eigenvalue weighted by atomic mass is 10.1. The summed E-state index contributed by atoms with van der Waals surface area (Å²) < 4.78 is 10.9. The Bertz CT molecular complexity index is 1140. The Labute approximate surface area is 176 Å². The zero-order valence-corrected chi connectivity index (χ0v) is 16.6. The van der Waals surface area contributed by atoms with Crippen LogP contribution < -0.4 is 15.0 Å². The van der Waals surface area contributed by atoms with Crippen LogP contribution in [0, 0.1) is 0 Å². The molecule has 3 aromatic rings. The number of amides is 4. The maximum atomic E-state index is 12.8. The zero-order valence-electron chi connectivity index (χ0n) is 15.8. The first-order valence-electron chi connectivity index (χ1n) is 8.93. The molecule has 1 aliphatic heterocycles. The third-order valence-electron chi connectivity index (χ3n) is 4.28. The fourth-order valence-corrected chi connectivity index (χ4v) is 3.62. The van der Waals surface area contributed by atoms with Crippen molar-refractivity contribution in [3.8, 4) is 5.75 Å². The molecule has 1 N–H and O–H groups in total. The molecule has 0 saturated carbocycles. The summed E-state index contributed by atoms with van der Waals surface area (Å²) in [7, 11) is 1.60. The highest BCUT2D eigenvalue weighted by Crippen LogP contribution is 2.31. The molecule has 1 aromatic heterocycles. The summed E-state index contributed by atoms with van der Waals surface area (Å²) in [5.74, 6) is -0.399. The molecule has 0 aliphatic carbocycles. The lowest BCUT2D eigenvalue weighted by molar-refractivity contribution is -0.122. The van der Waals surface area contributed by atoms with Crippen LogP contribution in [-0.4, -0.2) is 25.0 Å². The molecule has 0 atom stereocenters. The van der Waals surface area contributed by atoms with Crippen molar-refractivity contribution >= 4 is 41.4 Å². The van der Waals surface area contributed by atoms with Crippen molar-refractivity contribution in [1.82, 2.24) is 5.32 Å². The van der Waals surface area contributed by atoms with Gasteiger partial charge in [0.2, 0.25) is 0 Å². The molecule has 30 heavy (non-hydrogen) atoms. The van der Waals surface area contributed by atoms with E-state index < -0.39 is 17.8 Å². The van der Waals surface area contributed by atoms with Gasteiger partial charge >= 0.3 is 6.03 Å². The Morgan fingerprint density at radius 3 is 2.40 bits per heavy atom. The molecule has 2 heterocycles. The van der Waals surface area contributed by atoms with Crippen molar-refractivity contribution in [3.63, 3.8) is 0 Å². The van der Waals surface area contributed by atoms with E-state index in [1.807, 2.05) is 24.3 Å². The van der Waals surface area contributed by atoms with Crippen molar-refractivity contribution in [3.05, 3.63) is 78.1 Å². The molecular formula is C22H16N2O5S. The lowest BCUT2D eigenvalue weighted by Gasteiger charge is -2.26. The number of para-hydroxylation sites is 1. The van der Waals surface area contributed by atoms with Gasteiger partial charge in [0.1, 0.15) is 17.1 Å². The molecule has 0 spiro atoms. The molecule has 0 bridgehead atoms. The number of furan rings is 1. The highest BCUT2D eigenvalue weighted by atomic mass is 32.2. The van der Waals surface area contributed by atoms with E-state index in [4.69, 9.17) is 9.15 Å². The number of hydrogen-bond donors (Lipinski definition) is 1. The van der Waals surface area contributed by atoms with E-state index >= 15 is 0 Å². The van der Waals surface area contributed by atoms with Crippen LogP contribution in [0.3, 0.4) is 0 Å². The second kappa shape index (κ2) is 8.30. The maximum absolute atomic E-state index is 12.8. The van der Waals surface area contributed by atoms with Gasteiger partial charge < -0.3 is 9.15 Å². The number of benzene rings is 2. The van der Waals surface area contributed by atoms with Gasteiger partial charge in [-0.05, 0) is 54.6 Å². The van der Waals surface area contributed by atoms with Crippen molar-refractivity contribution in [2.75, 3.05) is 12.0 Å². The zero-order chi connectivity index (χ0) is 21.1. The highest BCUT2D eigenvalue weighted by Gasteiger charge is 2.36. The van der Waals surface area contributed by atoms with Crippen molar-refractivity contribution in [1.29, 1.82) is 0 Å². The first-order chi connectivity index (χ1) is 14.5. The van der Waals surface area contributed by atoms with E-state index in [0.29, 0.717) is 16.5 Å². The fourth-order valence-electron chi connectivity index (χ4n) is 2.84. The average Bonchev–Trinajstić information content (AvgIpc) is 3.19. The third kappa shape index (κ3) is 3.99. The Morgan fingerprint density at radius 1 is 0.967 bits per heavy atom. The second-order valence-electron chi connectivity index (χ2n) is 6.23. The van der Waals surface area contributed by atoms with Gasteiger partial charge in [-0.25, -0.2) is 9.69 Å². The van der Waals surface area contributed by atoms with Gasteiger partial charge in [-0.3, -0.25) is 14.9 Å². The Balaban J connectivity index is 1.56. The largest absolute Gasteiger partial charge is 0.497 e. The average molecular weight is 420 g/mol. The number of urea groups is 1. The summed E-state index contributed by atoms with van der Waals surface area (Å²) >= 11 is 1.39. The van der Waals surface area contributed by atoms with E-state index in [2.05, 4.69) is 5.32 Å². The molecule has 1 aliphatic rings. The number of imide groups is 2. The van der Waals surface area contributed by atoms with Crippen LogP contribution in [-0.2, 0) is 9.59 Å². The second-order valence-corrected chi connectivity index (χ2v) is 7.31. The Morgan fingerprint density at radius 2 is 1.70 bits per heavy atom. The predicted octanol–water partition coefficient (Wildman–Crippen LogP) is 4.11. The van der Waals surface area contributed by atoms with Crippen LogP contribution in [0.5, 0.6) is 5.75 Å². The minimum absolute atomic E-state index is 0.186. The monoisotopic (exact) mass is 420 g/mol. The molecule has 2 aromatic carbocycles. The van der Waals surface area contributed by atoms with Crippen LogP contribution in [0.1, 0.15) is 5.76 Å². The number of nitrogens with zero attached hydrogens (tertiary/aromatic N) is 1. The van der Waals surface area contributed by atoms with Crippen LogP contribution in [0.25, 0.3) is 6.08 Å². The summed E-state index contributed by atoms with van der Waals surface area (Å²) in [6.45, 7) is 0. The molecule has 1 saturated heterocycles. The molecule has 4 rings (SSSR count). The number of anilines is 1. The van der Waals surface area contributed by atoms with Gasteiger partial charge in [0.15, 0.2) is 5.09 Å². The number of hydrogen-bond acceptors (Lipinski definition) is 6. The first kappa shape index (κ1) is 19.5. The minimum Gasteiger partial charge on any atom is -0.497 e. The van der Waals surface area contributed by atoms with E-state index in [1.54, 1.807) is 49.6 Å². The lowest BCUT2D eigenvalue weighted by Crippen LogP contribution is -2.54. The Hall–Kier alpha value is -3.78. The number of carbonyl (C=O) groups is 3. The van der Waals surface area contributed by atoms with E-state index in [1.165, 1.54) is 17.8 Å². The quantitative estimate of drug-likeness (QED) is 0.494. The molecule has 0 radical (unpaired) electrons. The van der Waals surface area contributed by atoms with Gasteiger partial charge in [-0.2, -0.15) is 0 Å². The highest BCUT2D eigenvalue weighted by molar-refractivity contribution is 7.99. The minimum atomic E-state index is -0.788. The predicted molar refractivity (Wildman–Crippen MR) is 111 cm³/mol. The van der Waals surface area contributed by atoms with E-state index in [-0.39, 0.29) is 5.57 Å². The van der Waals surface area contributed by atoms with Crippen molar-refractivity contribution in [2.24, 2.45) is 0 Å². The number of methoxy groups -OCH3 is 1. The van der Waals surface area contributed by atoms with E-state index in [0.717, 1.165) is 15.5 Å². The van der Waals surface area contributed by atoms with Gasteiger partial charge in [-0.1, -0.05) is 30.0 Å². The number of rotatable bonds is 5. The van der Waals surface area contributed by atoms with Gasteiger partial charge in [0.25, 0.3) is 11.8 Å². The topological polar surface area (TPSA) is 88.9 Å². The smallest absolute Gasteiger partial charge is 0.335 e. The van der Waals surface area contributed by atoms with Crippen molar-refractivity contribution in [2.45, 2.75) is 9.99 Å². The molecule has 4 amide bonds. The number of barbiturate groups is 1. The molecule has 1 fully saturated rings. The molecule has 7 nitrogen and oxygen atoms in total. The van der Waals surface area contributed by atoms with Crippen LogP contribution >= 0.6 is 11.8 Å². The fraction of sp³-hybridized carbons (Fsp3) is 0.0455. The number of carbonyl (C=O) groups excluding carboxylic acids is 3. The summed E-state index contributed by atoms with van der Waals surface area (Å²) in [4.78, 5) is 39.1. The molecule has 8 heteroatoms. The summed E-state index contributed by atoms with van der Waals surface area (Å²) in [6, 6.07) is 18.5. The van der Waals surface area contributed by atoms with Crippen LogP contribution in [0.4, 0.5) is 10.5 Å². The molecule has 150 valence electrons. The SMILES string of the molecule is COc1ccc(Sc2ccc(/C=C3/C(=O)NC(=O)N(c4ccccc4)C3=O)o2)cc1. The number of ether oxygens (including phenoxy) is 1. The first-order valence-corrected chi connectivity index (χ1v) is 9.75. The van der Waals surface area contributed by atoms with Gasteiger partial charge in [-0.15, -0.1) is 0 Å². The summed E-state index contributed by atoms with van der Waals surface area (Å²) in [5.41, 5.74) is 0.183.